The molecule has 0 aromatic rings. The minimum Gasteiger partial charge on any atom is -0.286 e. The summed E-state index contributed by atoms with van der Waals surface area (Å²) in [7, 11) is 0. The molecule has 11 heteroatoms. The van der Waals surface area contributed by atoms with E-state index in [4.69, 9.17) is 27.5 Å². The third-order valence-electron chi connectivity index (χ3n) is 0. The molecule has 8 nitrogen and oxygen atoms in total. The SMILES string of the molecule is [K+].[O-][I+3]([O-])([O-])O.[O-][I+3]([O-])([O-])[O-]. The zero-order valence-electron chi connectivity index (χ0n) is 5.06. The molecule has 0 saturated heterocycles. The maximum Gasteiger partial charge on any atom is 1.00 e. The maximum absolute atomic E-state index is 8.73. The predicted molar refractivity (Wildman–Crippen MR) is 2.22 cm³/mol. The molecule has 0 aliphatic heterocycles. The fourth-order valence-electron chi connectivity index (χ4n) is 0. The smallest absolute Gasteiger partial charge is 0.286 e. The van der Waals surface area contributed by atoms with E-state index < -0.39 is 40.2 Å². The van der Waals surface area contributed by atoms with Crippen LogP contribution in [0.15, 0.2) is 0 Å². The topological polar surface area (TPSA) is 182 Å². The van der Waals surface area contributed by atoms with Gasteiger partial charge in [-0.3, -0.25) is 24.1 Å². The summed E-state index contributed by atoms with van der Waals surface area (Å²) in [5.41, 5.74) is 0. The van der Waals surface area contributed by atoms with Gasteiger partial charge >= 0.3 is 71.5 Å². The summed E-state index contributed by atoms with van der Waals surface area (Å²) in [5.74, 6) is 0. The molecular formula is HI2KO8. The standard InChI is InChI=1S/HIO4.IO4.K/c2*2-1(3,4)5;/h2H;;/q;-1;+1. The maximum atomic E-state index is 8.73. The summed E-state index contributed by atoms with van der Waals surface area (Å²) in [5, 5.41) is 0. The molecule has 1 N–H and O–H groups in total. The van der Waals surface area contributed by atoms with Crippen LogP contribution in [-0.2, 0) is 0 Å². The van der Waals surface area contributed by atoms with Gasteiger partial charge < -0.3 is 0 Å². The number of halogens is 2. The predicted octanol–water partition coefficient (Wildman–Crippen LogP) is -17.9. The first-order chi connectivity index (χ1) is 4.00. The van der Waals surface area contributed by atoms with E-state index in [1.165, 1.54) is 0 Å². The molecule has 0 aliphatic carbocycles. The Balaban J connectivity index is -0.000000107. The summed E-state index contributed by atoms with van der Waals surface area (Å²) in [4.78, 5) is 0. The van der Waals surface area contributed by atoms with Crippen LogP contribution in [0.25, 0.3) is 0 Å². The number of hydrogen-bond acceptors (Lipinski definition) is 8. The van der Waals surface area contributed by atoms with Crippen LogP contribution in [0.4, 0.5) is 0 Å². The van der Waals surface area contributed by atoms with Gasteiger partial charge in [0.15, 0.2) is 0 Å². The van der Waals surface area contributed by atoms with E-state index in [9.17, 15) is 0 Å². The zero-order chi connectivity index (χ0) is 9.00. The van der Waals surface area contributed by atoms with Crippen LogP contribution in [0, 0.1) is 0 Å². The Morgan fingerprint density at radius 1 is 0.727 bits per heavy atom. The molecule has 11 heavy (non-hydrogen) atoms. The molecule has 0 unspecified atom stereocenters. The van der Waals surface area contributed by atoms with E-state index in [1.54, 1.807) is 0 Å². The van der Waals surface area contributed by atoms with Crippen molar-refractivity contribution in [3.05, 3.63) is 0 Å². The van der Waals surface area contributed by atoms with Crippen molar-refractivity contribution in [2.24, 2.45) is 0 Å². The Labute approximate surface area is 116 Å². The van der Waals surface area contributed by atoms with Crippen LogP contribution in [-0.4, -0.2) is 3.44 Å². The van der Waals surface area contributed by atoms with Gasteiger partial charge in [-0.25, -0.2) is 0 Å². The second-order valence-corrected chi connectivity index (χ2v) is 5.19. The van der Waals surface area contributed by atoms with Crippen LogP contribution in [0.2, 0.25) is 0 Å². The molecule has 0 fully saturated rings. The van der Waals surface area contributed by atoms with Crippen molar-refractivity contribution >= 4 is 0 Å². The quantitative estimate of drug-likeness (QED) is 0.295. The molecule has 0 aromatic carbocycles. The van der Waals surface area contributed by atoms with E-state index in [0.717, 1.165) is 0 Å². The fourth-order valence-corrected chi connectivity index (χ4v) is 0. The van der Waals surface area contributed by atoms with Gasteiger partial charge in [0, 0.05) is 3.44 Å². The molecule has 0 spiro atoms. The van der Waals surface area contributed by atoms with Crippen LogP contribution < -0.4 is 116 Å². The minimum absolute atomic E-state index is 0. The largest absolute Gasteiger partial charge is 1.00 e. The second-order valence-electron chi connectivity index (χ2n) is 0.774. The molecule has 64 valence electrons. The molecule has 0 bridgehead atoms. The molecule has 0 aromatic heterocycles. The van der Waals surface area contributed by atoms with Crippen molar-refractivity contribution < 1.29 is 119 Å². The molecule has 0 amide bonds. The number of rotatable bonds is 0. The van der Waals surface area contributed by atoms with E-state index in [-0.39, 0.29) is 51.4 Å². The molecule has 0 radical (unpaired) electrons. The molecule has 0 heterocycles. The summed E-state index contributed by atoms with van der Waals surface area (Å²) in [6, 6.07) is 0. The van der Waals surface area contributed by atoms with Gasteiger partial charge in [-0.2, -0.15) is 0 Å². The van der Waals surface area contributed by atoms with Gasteiger partial charge in [0.05, 0.1) is 0 Å². The average molecular weight is 422 g/mol. The Hall–Kier alpha value is 2.78. The fraction of sp³-hybridized carbons (Fsp3) is 0. The van der Waals surface area contributed by atoms with Crippen molar-refractivity contribution in [1.82, 2.24) is 0 Å². The summed E-state index contributed by atoms with van der Waals surface area (Å²) >= 11 is -11.6. The first kappa shape index (κ1) is 19.4. The minimum atomic E-state index is -5.94. The van der Waals surface area contributed by atoms with E-state index in [0.29, 0.717) is 0 Å². The third kappa shape index (κ3) is 192. The van der Waals surface area contributed by atoms with E-state index in [1.807, 2.05) is 0 Å². The van der Waals surface area contributed by atoms with Crippen molar-refractivity contribution in [1.29, 1.82) is 0 Å². The van der Waals surface area contributed by atoms with Gasteiger partial charge in [-0.05, 0) is 0 Å². The molecule has 0 saturated carbocycles. The van der Waals surface area contributed by atoms with Crippen molar-refractivity contribution in [3.63, 3.8) is 0 Å². The molecule has 0 atom stereocenters. The first-order valence-electron chi connectivity index (χ1n) is 1.25. The average Bonchev–Trinajstić information content (AvgIpc) is 1.12. The third-order valence-corrected chi connectivity index (χ3v) is 0. The Morgan fingerprint density at radius 3 is 0.727 bits per heavy atom. The molecular weight excluding hydrogens is 421 g/mol. The van der Waals surface area contributed by atoms with Crippen LogP contribution in [0.3, 0.4) is 0 Å². The second kappa shape index (κ2) is 8.12. The monoisotopic (exact) mass is 422 g/mol. The molecule has 0 rings (SSSR count). The van der Waals surface area contributed by atoms with Crippen LogP contribution in [0.1, 0.15) is 0 Å². The normalized spacial score (nSPS) is 10.9. The van der Waals surface area contributed by atoms with Gasteiger partial charge in [-0.15, -0.1) is 0 Å². The van der Waals surface area contributed by atoms with E-state index in [2.05, 4.69) is 0 Å². The summed E-state index contributed by atoms with van der Waals surface area (Å²) in [6.07, 6.45) is 0. The summed E-state index contributed by atoms with van der Waals surface area (Å²) < 4.78 is 67.7. The Morgan fingerprint density at radius 2 is 0.727 bits per heavy atom. The van der Waals surface area contributed by atoms with Gasteiger partial charge in [-0.1, -0.05) is 0 Å². The van der Waals surface area contributed by atoms with Crippen LogP contribution >= 0.6 is 0 Å². The Kier molecular flexibility index (Phi) is 14.3. The first-order valence-corrected chi connectivity index (χ1v) is 8.38. The zero-order valence-corrected chi connectivity index (χ0v) is 12.5. The van der Waals surface area contributed by atoms with E-state index >= 15 is 0 Å². The van der Waals surface area contributed by atoms with Crippen molar-refractivity contribution in [2.45, 2.75) is 0 Å². The van der Waals surface area contributed by atoms with Gasteiger partial charge in [0.1, 0.15) is 20.1 Å². The van der Waals surface area contributed by atoms with Crippen LogP contribution in [0.5, 0.6) is 0 Å². The van der Waals surface area contributed by atoms with Crippen molar-refractivity contribution in [3.8, 4) is 0 Å². The van der Waals surface area contributed by atoms with Crippen molar-refractivity contribution in [2.75, 3.05) is 0 Å². The number of hydrogen-bond donors (Lipinski definition) is 1. The van der Waals surface area contributed by atoms with Gasteiger partial charge in [0.2, 0.25) is 0 Å². The molecule has 0 aliphatic rings. The van der Waals surface area contributed by atoms with Gasteiger partial charge in [0.25, 0.3) is 0 Å². The summed E-state index contributed by atoms with van der Waals surface area (Å²) in [6.45, 7) is 0. The Bertz CT molecular complexity index is 55.1.